The average molecular weight is 314 g/mol. The van der Waals surface area contributed by atoms with Gasteiger partial charge in [-0.2, -0.15) is 0 Å². The molecule has 0 saturated carbocycles. The lowest BCUT2D eigenvalue weighted by atomic mass is 10.3. The largest absolute Gasteiger partial charge is 0.395 e. The highest BCUT2D eigenvalue weighted by Crippen LogP contribution is 2.31. The number of hydrogen-bond acceptors (Lipinski definition) is 4. The second kappa shape index (κ2) is 7.11. The molecule has 0 aliphatic heterocycles. The number of amides is 1. The van der Waals surface area contributed by atoms with Gasteiger partial charge in [0.15, 0.2) is 0 Å². The van der Waals surface area contributed by atoms with E-state index >= 15 is 0 Å². The molecular weight excluding hydrogens is 302 g/mol. The first-order chi connectivity index (χ1) is 8.52. The van der Waals surface area contributed by atoms with E-state index in [2.05, 4.69) is 4.98 Å². The number of hydrogen-bond donors (Lipinski definition) is 2. The van der Waals surface area contributed by atoms with Gasteiger partial charge in [-0.05, 0) is 0 Å². The van der Waals surface area contributed by atoms with Crippen LogP contribution in [0.5, 0.6) is 0 Å². The molecule has 100 valence electrons. The number of aromatic nitrogens is 1. The topological polar surface area (TPSA) is 73.7 Å². The van der Waals surface area contributed by atoms with E-state index in [1.54, 1.807) is 0 Å². The molecule has 0 saturated heterocycles. The van der Waals surface area contributed by atoms with Gasteiger partial charge >= 0.3 is 0 Å². The van der Waals surface area contributed by atoms with E-state index in [-0.39, 0.29) is 47.1 Å². The van der Waals surface area contributed by atoms with Gasteiger partial charge in [0.2, 0.25) is 0 Å². The van der Waals surface area contributed by atoms with Crippen molar-refractivity contribution < 1.29 is 15.0 Å². The summed E-state index contributed by atoms with van der Waals surface area (Å²) in [4.78, 5) is 17.1. The lowest BCUT2D eigenvalue weighted by molar-refractivity contribution is 0.0679. The van der Waals surface area contributed by atoms with Crippen LogP contribution in [-0.4, -0.2) is 52.3 Å². The van der Waals surface area contributed by atoms with Crippen molar-refractivity contribution in [3.8, 4) is 0 Å². The first-order valence-electron chi connectivity index (χ1n) is 5.03. The highest BCUT2D eigenvalue weighted by atomic mass is 35.5. The van der Waals surface area contributed by atoms with Gasteiger partial charge in [0.05, 0.1) is 28.3 Å². The molecule has 1 aromatic heterocycles. The van der Waals surface area contributed by atoms with Crippen molar-refractivity contribution in [2.24, 2.45) is 0 Å². The summed E-state index contributed by atoms with van der Waals surface area (Å²) < 4.78 is 0. The highest BCUT2D eigenvalue weighted by Gasteiger charge is 2.21. The zero-order valence-corrected chi connectivity index (χ0v) is 11.5. The Morgan fingerprint density at radius 3 is 2.22 bits per heavy atom. The number of aliphatic hydroxyl groups is 2. The molecule has 0 atom stereocenters. The van der Waals surface area contributed by atoms with E-state index in [4.69, 9.17) is 45.0 Å². The normalized spacial score (nSPS) is 10.5. The van der Waals surface area contributed by atoms with E-state index in [0.717, 1.165) is 0 Å². The van der Waals surface area contributed by atoms with Crippen molar-refractivity contribution in [1.29, 1.82) is 0 Å². The first kappa shape index (κ1) is 15.5. The monoisotopic (exact) mass is 312 g/mol. The van der Waals surface area contributed by atoms with Crippen LogP contribution in [-0.2, 0) is 0 Å². The molecule has 18 heavy (non-hydrogen) atoms. The Kier molecular flexibility index (Phi) is 6.11. The second-order valence-corrected chi connectivity index (χ2v) is 4.49. The van der Waals surface area contributed by atoms with Crippen LogP contribution in [0.1, 0.15) is 10.5 Å². The van der Waals surface area contributed by atoms with E-state index in [0.29, 0.717) is 0 Å². The van der Waals surface area contributed by atoms with Crippen molar-refractivity contribution in [2.45, 2.75) is 0 Å². The molecular formula is C10H11Cl3N2O3. The summed E-state index contributed by atoms with van der Waals surface area (Å²) >= 11 is 17.4. The molecule has 0 radical (unpaired) electrons. The fourth-order valence-electron chi connectivity index (χ4n) is 1.30. The van der Waals surface area contributed by atoms with Gasteiger partial charge in [0.1, 0.15) is 5.69 Å². The summed E-state index contributed by atoms with van der Waals surface area (Å²) in [5.41, 5.74) is -0.0621. The average Bonchev–Trinajstić information content (AvgIpc) is 2.35. The van der Waals surface area contributed by atoms with Gasteiger partial charge in [0.25, 0.3) is 5.91 Å². The Hall–Kier alpha value is -0.590. The van der Waals surface area contributed by atoms with Gasteiger partial charge in [-0.15, -0.1) is 0 Å². The van der Waals surface area contributed by atoms with Crippen LogP contribution in [0.25, 0.3) is 0 Å². The maximum atomic E-state index is 12.1. The molecule has 5 nitrogen and oxygen atoms in total. The van der Waals surface area contributed by atoms with Gasteiger partial charge in [0, 0.05) is 19.3 Å². The molecule has 1 rings (SSSR count). The minimum atomic E-state index is -0.526. The minimum Gasteiger partial charge on any atom is -0.395 e. The van der Waals surface area contributed by atoms with E-state index in [1.807, 2.05) is 0 Å². The SMILES string of the molecule is O=C(c1ncc(Cl)c(Cl)c1Cl)N(CCO)CCO. The fourth-order valence-corrected chi connectivity index (χ4v) is 1.86. The number of pyridine rings is 1. The molecule has 8 heteroatoms. The number of carbonyl (C=O) groups is 1. The molecule has 0 aliphatic carbocycles. The summed E-state index contributed by atoms with van der Waals surface area (Å²) in [6.07, 6.45) is 1.22. The Morgan fingerprint density at radius 2 is 1.72 bits per heavy atom. The zero-order chi connectivity index (χ0) is 13.7. The van der Waals surface area contributed by atoms with Crippen molar-refractivity contribution in [2.75, 3.05) is 26.3 Å². The molecule has 0 aromatic carbocycles. The first-order valence-corrected chi connectivity index (χ1v) is 6.16. The van der Waals surface area contributed by atoms with Crippen LogP contribution in [0, 0.1) is 0 Å². The molecule has 0 aliphatic rings. The number of carbonyl (C=O) groups excluding carboxylic acids is 1. The quantitative estimate of drug-likeness (QED) is 0.863. The van der Waals surface area contributed by atoms with Crippen LogP contribution in [0.2, 0.25) is 15.1 Å². The summed E-state index contributed by atoms with van der Waals surface area (Å²) in [7, 11) is 0. The predicted molar refractivity (Wildman–Crippen MR) is 69.3 cm³/mol. The standard InChI is InChI=1S/C10H11Cl3N2O3/c11-6-5-14-9(8(13)7(6)12)10(18)15(1-3-16)2-4-17/h5,16-17H,1-4H2. The van der Waals surface area contributed by atoms with Crippen molar-refractivity contribution in [3.05, 3.63) is 27.0 Å². The van der Waals surface area contributed by atoms with Crippen LogP contribution in [0.4, 0.5) is 0 Å². The van der Waals surface area contributed by atoms with Gasteiger partial charge < -0.3 is 15.1 Å². The Morgan fingerprint density at radius 1 is 1.17 bits per heavy atom. The molecule has 1 amide bonds. The maximum absolute atomic E-state index is 12.1. The summed E-state index contributed by atoms with van der Waals surface area (Å²) in [5, 5.41) is 17.8. The Bertz CT molecular complexity index is 437. The summed E-state index contributed by atoms with van der Waals surface area (Å²) in [5.74, 6) is -0.526. The predicted octanol–water partition coefficient (Wildman–Crippen LogP) is 1.47. The molecule has 0 fully saturated rings. The Labute approximate surface area is 119 Å². The van der Waals surface area contributed by atoms with Gasteiger partial charge in [-0.1, -0.05) is 34.8 Å². The number of nitrogens with zero attached hydrogens (tertiary/aromatic N) is 2. The van der Waals surface area contributed by atoms with Crippen LogP contribution in [0.3, 0.4) is 0 Å². The summed E-state index contributed by atoms with van der Waals surface area (Å²) in [6.45, 7) is -0.329. The highest BCUT2D eigenvalue weighted by molar-refractivity contribution is 6.48. The van der Waals surface area contributed by atoms with Crippen molar-refractivity contribution >= 4 is 40.7 Å². The van der Waals surface area contributed by atoms with Gasteiger partial charge in [-0.3, -0.25) is 4.79 Å². The van der Waals surface area contributed by atoms with E-state index in [1.165, 1.54) is 11.1 Å². The van der Waals surface area contributed by atoms with E-state index < -0.39 is 5.91 Å². The zero-order valence-electron chi connectivity index (χ0n) is 9.24. The van der Waals surface area contributed by atoms with Crippen molar-refractivity contribution in [3.63, 3.8) is 0 Å². The molecule has 0 bridgehead atoms. The summed E-state index contributed by atoms with van der Waals surface area (Å²) in [6, 6.07) is 0. The van der Waals surface area contributed by atoms with Crippen molar-refractivity contribution in [1.82, 2.24) is 9.88 Å². The lowest BCUT2D eigenvalue weighted by Gasteiger charge is -2.20. The molecule has 1 aromatic rings. The fraction of sp³-hybridized carbons (Fsp3) is 0.400. The molecule has 2 N–H and O–H groups in total. The lowest BCUT2D eigenvalue weighted by Crippen LogP contribution is -2.36. The minimum absolute atomic E-state index is 0.0460. The third kappa shape index (κ3) is 3.46. The number of halogens is 3. The number of rotatable bonds is 5. The van der Waals surface area contributed by atoms with Crippen LogP contribution < -0.4 is 0 Å². The third-order valence-corrected chi connectivity index (χ3v) is 3.39. The van der Waals surface area contributed by atoms with E-state index in [9.17, 15) is 4.79 Å². The molecule has 0 spiro atoms. The Balaban J connectivity index is 3.05. The maximum Gasteiger partial charge on any atom is 0.274 e. The van der Waals surface area contributed by atoms with Gasteiger partial charge in [-0.25, -0.2) is 4.98 Å². The smallest absolute Gasteiger partial charge is 0.274 e. The molecule has 1 heterocycles. The second-order valence-electron chi connectivity index (χ2n) is 3.32. The van der Waals surface area contributed by atoms with Crippen LogP contribution >= 0.6 is 34.8 Å². The third-order valence-electron chi connectivity index (χ3n) is 2.15. The number of aliphatic hydroxyl groups excluding tert-OH is 2. The molecule has 0 unspecified atom stereocenters. The van der Waals surface area contributed by atoms with Crippen LogP contribution in [0.15, 0.2) is 6.20 Å².